The second-order valence-electron chi connectivity index (χ2n) is 6.06. The SMILES string of the molecule is CCOC(=O)c1ccc(N2CCN(c3nc4ccccc4s3)CC2)nc1. The van der Waals surface area contributed by atoms with E-state index in [0.717, 1.165) is 42.6 Å². The first-order chi connectivity index (χ1) is 12.7. The van der Waals surface area contributed by atoms with Gasteiger partial charge in [-0.15, -0.1) is 0 Å². The van der Waals surface area contributed by atoms with Gasteiger partial charge in [0, 0.05) is 32.4 Å². The Morgan fingerprint density at radius 2 is 1.88 bits per heavy atom. The Bertz CT molecular complexity index is 868. The van der Waals surface area contributed by atoms with E-state index in [2.05, 4.69) is 26.9 Å². The molecular weight excluding hydrogens is 348 g/mol. The summed E-state index contributed by atoms with van der Waals surface area (Å²) in [6, 6.07) is 11.9. The van der Waals surface area contributed by atoms with Gasteiger partial charge in [-0.25, -0.2) is 14.8 Å². The van der Waals surface area contributed by atoms with Gasteiger partial charge in [0.25, 0.3) is 0 Å². The number of rotatable bonds is 4. The summed E-state index contributed by atoms with van der Waals surface area (Å²) in [7, 11) is 0. The predicted octanol–water partition coefficient (Wildman–Crippen LogP) is 3.19. The smallest absolute Gasteiger partial charge is 0.339 e. The normalized spacial score (nSPS) is 14.7. The molecule has 3 aromatic rings. The van der Waals surface area contributed by atoms with E-state index in [1.54, 1.807) is 30.5 Å². The largest absolute Gasteiger partial charge is 0.462 e. The summed E-state index contributed by atoms with van der Waals surface area (Å²) >= 11 is 1.74. The van der Waals surface area contributed by atoms with E-state index in [0.29, 0.717) is 12.2 Å². The van der Waals surface area contributed by atoms with E-state index in [1.165, 1.54) is 4.70 Å². The van der Waals surface area contributed by atoms with Gasteiger partial charge < -0.3 is 14.5 Å². The fourth-order valence-corrected chi connectivity index (χ4v) is 4.05. The summed E-state index contributed by atoms with van der Waals surface area (Å²) in [5, 5.41) is 1.08. The van der Waals surface area contributed by atoms with Crippen molar-refractivity contribution >= 4 is 38.5 Å². The highest BCUT2D eigenvalue weighted by Gasteiger charge is 2.21. The van der Waals surface area contributed by atoms with Gasteiger partial charge in [0.05, 0.1) is 22.4 Å². The first-order valence-electron chi connectivity index (χ1n) is 8.73. The van der Waals surface area contributed by atoms with Crippen LogP contribution < -0.4 is 9.80 Å². The fraction of sp³-hybridized carbons (Fsp3) is 0.316. The molecule has 1 fully saturated rings. The Morgan fingerprint density at radius 3 is 2.58 bits per heavy atom. The molecule has 134 valence electrons. The van der Waals surface area contributed by atoms with Crippen molar-refractivity contribution in [2.75, 3.05) is 42.6 Å². The number of hydrogen-bond donors (Lipinski definition) is 0. The van der Waals surface area contributed by atoms with Crippen LogP contribution in [0.3, 0.4) is 0 Å². The third-order valence-electron chi connectivity index (χ3n) is 4.42. The molecule has 0 atom stereocenters. The molecule has 6 nitrogen and oxygen atoms in total. The van der Waals surface area contributed by atoms with Gasteiger partial charge in [-0.3, -0.25) is 0 Å². The van der Waals surface area contributed by atoms with E-state index < -0.39 is 0 Å². The van der Waals surface area contributed by atoms with Gasteiger partial charge in [-0.2, -0.15) is 0 Å². The number of hydrogen-bond acceptors (Lipinski definition) is 7. The molecule has 0 amide bonds. The lowest BCUT2D eigenvalue weighted by Crippen LogP contribution is -2.46. The minimum atomic E-state index is -0.327. The van der Waals surface area contributed by atoms with Crippen molar-refractivity contribution in [2.45, 2.75) is 6.92 Å². The Labute approximate surface area is 156 Å². The van der Waals surface area contributed by atoms with E-state index >= 15 is 0 Å². The van der Waals surface area contributed by atoms with Crippen LogP contribution in [0.2, 0.25) is 0 Å². The van der Waals surface area contributed by atoms with Crippen LogP contribution in [0.15, 0.2) is 42.6 Å². The second-order valence-corrected chi connectivity index (χ2v) is 7.07. The number of nitrogens with zero attached hydrogens (tertiary/aromatic N) is 4. The maximum Gasteiger partial charge on any atom is 0.339 e. The van der Waals surface area contributed by atoms with Crippen LogP contribution in [0.4, 0.5) is 10.9 Å². The van der Waals surface area contributed by atoms with Crippen LogP contribution in [-0.4, -0.2) is 48.7 Å². The molecule has 0 N–H and O–H groups in total. The number of piperazine rings is 1. The molecule has 2 aromatic heterocycles. The molecule has 3 heterocycles. The molecule has 0 bridgehead atoms. The van der Waals surface area contributed by atoms with Gasteiger partial charge >= 0.3 is 5.97 Å². The van der Waals surface area contributed by atoms with Gasteiger partial charge in [-0.05, 0) is 31.2 Å². The molecule has 4 rings (SSSR count). The third kappa shape index (κ3) is 3.35. The van der Waals surface area contributed by atoms with Crippen LogP contribution in [0.5, 0.6) is 0 Å². The standard InChI is InChI=1S/C19H20N4O2S/c1-2-25-18(24)14-7-8-17(20-13-14)22-9-11-23(12-10-22)19-21-15-5-3-4-6-16(15)26-19/h3-8,13H,2,9-12H2,1H3. The highest BCUT2D eigenvalue weighted by Crippen LogP contribution is 2.29. The van der Waals surface area contributed by atoms with E-state index in [4.69, 9.17) is 9.72 Å². The molecule has 1 saturated heterocycles. The van der Waals surface area contributed by atoms with Crippen molar-refractivity contribution in [3.63, 3.8) is 0 Å². The minimum absolute atomic E-state index is 0.327. The van der Waals surface area contributed by atoms with Crippen molar-refractivity contribution in [3.8, 4) is 0 Å². The molecule has 0 radical (unpaired) electrons. The molecule has 26 heavy (non-hydrogen) atoms. The molecule has 0 spiro atoms. The Kier molecular flexibility index (Phi) is 4.71. The first-order valence-corrected chi connectivity index (χ1v) is 9.55. The monoisotopic (exact) mass is 368 g/mol. The fourth-order valence-electron chi connectivity index (χ4n) is 3.03. The summed E-state index contributed by atoms with van der Waals surface area (Å²) in [4.78, 5) is 25.5. The highest BCUT2D eigenvalue weighted by atomic mass is 32.1. The maximum absolute atomic E-state index is 11.7. The number of para-hydroxylation sites is 1. The summed E-state index contributed by atoms with van der Waals surface area (Å²) < 4.78 is 6.22. The number of carbonyl (C=O) groups excluding carboxylic acids is 1. The van der Waals surface area contributed by atoms with Crippen LogP contribution in [0, 0.1) is 0 Å². The topological polar surface area (TPSA) is 58.6 Å². The van der Waals surface area contributed by atoms with E-state index in [1.807, 2.05) is 18.2 Å². The number of benzene rings is 1. The molecule has 0 unspecified atom stereocenters. The van der Waals surface area contributed by atoms with Gasteiger partial charge in [0.1, 0.15) is 5.82 Å². The molecule has 7 heteroatoms. The molecule has 0 saturated carbocycles. The maximum atomic E-state index is 11.7. The molecule has 0 aliphatic carbocycles. The zero-order valence-corrected chi connectivity index (χ0v) is 15.4. The Hall–Kier alpha value is -2.67. The molecule has 1 aliphatic heterocycles. The van der Waals surface area contributed by atoms with Gasteiger partial charge in [0.15, 0.2) is 5.13 Å². The highest BCUT2D eigenvalue weighted by molar-refractivity contribution is 7.22. The second kappa shape index (κ2) is 7.29. The van der Waals surface area contributed by atoms with E-state index in [9.17, 15) is 4.79 Å². The number of carbonyl (C=O) groups is 1. The average molecular weight is 368 g/mol. The number of aromatic nitrogens is 2. The number of fused-ring (bicyclic) bond motifs is 1. The van der Waals surface area contributed by atoms with E-state index in [-0.39, 0.29) is 5.97 Å². The number of esters is 1. The van der Waals surface area contributed by atoms with Crippen LogP contribution in [-0.2, 0) is 4.74 Å². The number of ether oxygens (including phenoxy) is 1. The van der Waals surface area contributed by atoms with Crippen molar-refractivity contribution in [2.24, 2.45) is 0 Å². The van der Waals surface area contributed by atoms with Crippen molar-refractivity contribution in [1.29, 1.82) is 0 Å². The lowest BCUT2D eigenvalue weighted by molar-refractivity contribution is 0.0526. The Morgan fingerprint density at radius 1 is 1.12 bits per heavy atom. The molecule has 1 aromatic carbocycles. The van der Waals surface area contributed by atoms with Crippen molar-refractivity contribution in [1.82, 2.24) is 9.97 Å². The zero-order chi connectivity index (χ0) is 17.9. The average Bonchev–Trinajstić information content (AvgIpc) is 3.13. The van der Waals surface area contributed by atoms with Gasteiger partial charge in [0.2, 0.25) is 0 Å². The first kappa shape index (κ1) is 16.8. The number of pyridine rings is 1. The Balaban J connectivity index is 1.40. The number of anilines is 2. The van der Waals surface area contributed by atoms with Crippen molar-refractivity contribution in [3.05, 3.63) is 48.2 Å². The summed E-state index contributed by atoms with van der Waals surface area (Å²) in [6.45, 7) is 5.73. The predicted molar refractivity (Wildman–Crippen MR) is 104 cm³/mol. The molecular formula is C19H20N4O2S. The van der Waals surface area contributed by atoms with Crippen LogP contribution in [0.25, 0.3) is 10.2 Å². The van der Waals surface area contributed by atoms with Crippen LogP contribution >= 0.6 is 11.3 Å². The summed E-state index contributed by atoms with van der Waals surface area (Å²) in [5.74, 6) is 0.564. The van der Waals surface area contributed by atoms with Crippen molar-refractivity contribution < 1.29 is 9.53 Å². The minimum Gasteiger partial charge on any atom is -0.462 e. The van der Waals surface area contributed by atoms with Crippen LogP contribution in [0.1, 0.15) is 17.3 Å². The summed E-state index contributed by atoms with van der Waals surface area (Å²) in [5.41, 5.74) is 1.55. The quantitative estimate of drug-likeness (QED) is 0.659. The third-order valence-corrected chi connectivity index (χ3v) is 5.51. The lowest BCUT2D eigenvalue weighted by atomic mass is 10.2. The zero-order valence-electron chi connectivity index (χ0n) is 14.6. The van der Waals surface area contributed by atoms with Gasteiger partial charge in [-0.1, -0.05) is 23.5 Å². The lowest BCUT2D eigenvalue weighted by Gasteiger charge is -2.35. The molecule has 1 aliphatic rings. The summed E-state index contributed by atoms with van der Waals surface area (Å²) in [6.07, 6.45) is 1.59. The number of thiazole rings is 1.